The molecule has 1 N–H and O–H groups in total. The molecule has 0 bridgehead atoms. The number of aryl methyl sites for hydroxylation is 3. The number of nitrogens with one attached hydrogen (secondary N) is 1. The summed E-state index contributed by atoms with van der Waals surface area (Å²) >= 11 is 0. The molecule has 2 aromatic rings. The lowest BCUT2D eigenvalue weighted by Crippen LogP contribution is -2.32. The zero-order valence-corrected chi connectivity index (χ0v) is 13.5. The van der Waals surface area contributed by atoms with Gasteiger partial charge >= 0.3 is 0 Å². The van der Waals surface area contributed by atoms with Crippen molar-refractivity contribution >= 4 is 5.91 Å². The van der Waals surface area contributed by atoms with Crippen LogP contribution < -0.4 is 5.32 Å². The second-order valence-electron chi connectivity index (χ2n) is 6.59. The van der Waals surface area contributed by atoms with Gasteiger partial charge in [-0.2, -0.15) is 5.10 Å². The van der Waals surface area contributed by atoms with Crippen LogP contribution in [0.5, 0.6) is 0 Å². The molecule has 2 heterocycles. The highest BCUT2D eigenvalue weighted by molar-refractivity contribution is 5.93. The molecule has 6 heteroatoms. The van der Waals surface area contributed by atoms with E-state index in [9.17, 15) is 4.79 Å². The van der Waals surface area contributed by atoms with E-state index in [4.69, 9.17) is 0 Å². The summed E-state index contributed by atoms with van der Waals surface area (Å²) in [4.78, 5) is 21.5. The van der Waals surface area contributed by atoms with E-state index in [0.717, 1.165) is 42.0 Å². The van der Waals surface area contributed by atoms with Crippen molar-refractivity contribution in [1.29, 1.82) is 0 Å². The molecule has 0 unspecified atom stereocenters. The Balaban J connectivity index is 1.55. The molecule has 6 nitrogen and oxygen atoms in total. The topological polar surface area (TPSA) is 72.7 Å². The van der Waals surface area contributed by atoms with Gasteiger partial charge in [0, 0.05) is 30.4 Å². The van der Waals surface area contributed by atoms with Crippen molar-refractivity contribution in [1.82, 2.24) is 25.1 Å². The van der Waals surface area contributed by atoms with Gasteiger partial charge in [0.05, 0.1) is 11.7 Å². The second-order valence-corrected chi connectivity index (χ2v) is 6.59. The molecular weight excluding hydrogens is 290 g/mol. The molecular formula is C17H21N5O. The first-order chi connectivity index (χ1) is 11.1. The normalized spacial score (nSPS) is 20.2. The lowest BCUT2D eigenvalue weighted by molar-refractivity contribution is 0.0923. The Labute approximate surface area is 135 Å². The standard InChI is InChI=1S/C17H21N5O/c1-10-18-9-12-13(19-10)4-3-5-14(12)20-17(23)16-8-15(11-6-7-11)21-22(16)2/h8-9,11,14H,3-7H2,1-2H3,(H,20,23)/t14-/m1/s1. The van der Waals surface area contributed by atoms with Crippen LogP contribution in [0, 0.1) is 6.92 Å². The minimum absolute atomic E-state index is 0.00822. The van der Waals surface area contributed by atoms with Crippen LogP contribution in [0.4, 0.5) is 0 Å². The van der Waals surface area contributed by atoms with Crippen LogP contribution in [0.3, 0.4) is 0 Å². The lowest BCUT2D eigenvalue weighted by atomic mass is 9.92. The molecule has 2 aliphatic rings. The number of rotatable bonds is 3. The SMILES string of the molecule is Cc1ncc2c(n1)CCC[C@H]2NC(=O)c1cc(C2CC2)nn1C. The molecule has 1 atom stereocenters. The molecule has 4 rings (SSSR count). The van der Waals surface area contributed by atoms with Gasteiger partial charge in [-0.25, -0.2) is 9.97 Å². The van der Waals surface area contributed by atoms with Crippen LogP contribution in [0.15, 0.2) is 12.3 Å². The Morgan fingerprint density at radius 1 is 1.35 bits per heavy atom. The predicted molar refractivity (Wildman–Crippen MR) is 85.1 cm³/mol. The fraction of sp³-hybridized carbons (Fsp3) is 0.529. The molecule has 0 aromatic carbocycles. The maximum Gasteiger partial charge on any atom is 0.270 e. The first-order valence-corrected chi connectivity index (χ1v) is 8.29. The molecule has 1 fully saturated rings. The summed E-state index contributed by atoms with van der Waals surface area (Å²) in [6, 6.07) is 1.92. The van der Waals surface area contributed by atoms with Crippen molar-refractivity contribution in [3.8, 4) is 0 Å². The van der Waals surface area contributed by atoms with Gasteiger partial charge in [0.2, 0.25) is 0 Å². The summed E-state index contributed by atoms with van der Waals surface area (Å²) < 4.78 is 1.69. The van der Waals surface area contributed by atoms with Gasteiger partial charge in [-0.15, -0.1) is 0 Å². The Morgan fingerprint density at radius 3 is 2.96 bits per heavy atom. The van der Waals surface area contributed by atoms with Crippen LogP contribution in [0.2, 0.25) is 0 Å². The summed E-state index contributed by atoms with van der Waals surface area (Å²) in [6.45, 7) is 1.90. The van der Waals surface area contributed by atoms with Gasteiger partial charge in [0.25, 0.3) is 5.91 Å². The summed E-state index contributed by atoms with van der Waals surface area (Å²) in [6.07, 6.45) is 7.16. The largest absolute Gasteiger partial charge is 0.344 e. The van der Waals surface area contributed by atoms with Crippen molar-refractivity contribution in [2.24, 2.45) is 7.05 Å². The smallest absolute Gasteiger partial charge is 0.270 e. The summed E-state index contributed by atoms with van der Waals surface area (Å²) in [5.74, 6) is 1.27. The quantitative estimate of drug-likeness (QED) is 0.943. The minimum Gasteiger partial charge on any atom is -0.344 e. The van der Waals surface area contributed by atoms with E-state index in [2.05, 4.69) is 20.4 Å². The van der Waals surface area contributed by atoms with E-state index in [-0.39, 0.29) is 11.9 Å². The van der Waals surface area contributed by atoms with Crippen molar-refractivity contribution in [3.05, 3.63) is 40.7 Å². The Hall–Kier alpha value is -2.24. The van der Waals surface area contributed by atoms with E-state index in [0.29, 0.717) is 11.6 Å². The molecule has 0 saturated heterocycles. The van der Waals surface area contributed by atoms with Crippen molar-refractivity contribution < 1.29 is 4.79 Å². The number of fused-ring (bicyclic) bond motifs is 1. The highest BCUT2D eigenvalue weighted by atomic mass is 16.2. The molecule has 0 radical (unpaired) electrons. The van der Waals surface area contributed by atoms with Crippen LogP contribution in [0.1, 0.15) is 70.9 Å². The van der Waals surface area contributed by atoms with E-state index in [1.54, 1.807) is 4.68 Å². The van der Waals surface area contributed by atoms with Crippen LogP contribution in [-0.2, 0) is 13.5 Å². The molecule has 2 aromatic heterocycles. The van der Waals surface area contributed by atoms with E-state index < -0.39 is 0 Å². The first-order valence-electron chi connectivity index (χ1n) is 8.29. The van der Waals surface area contributed by atoms with Gasteiger partial charge in [0.15, 0.2) is 0 Å². The average molecular weight is 311 g/mol. The third-order valence-electron chi connectivity index (χ3n) is 4.73. The first kappa shape index (κ1) is 14.4. The minimum atomic E-state index is -0.0645. The number of nitrogens with zero attached hydrogens (tertiary/aromatic N) is 4. The maximum atomic E-state index is 12.7. The second kappa shape index (κ2) is 5.44. The van der Waals surface area contributed by atoms with E-state index >= 15 is 0 Å². The predicted octanol–water partition coefficient (Wildman–Crippen LogP) is 2.20. The van der Waals surface area contributed by atoms with Crippen molar-refractivity contribution in [3.63, 3.8) is 0 Å². The monoisotopic (exact) mass is 311 g/mol. The zero-order valence-electron chi connectivity index (χ0n) is 13.5. The number of carbonyl (C=O) groups excluding carboxylic acids is 1. The highest BCUT2D eigenvalue weighted by Crippen LogP contribution is 2.39. The van der Waals surface area contributed by atoms with Gasteiger partial charge < -0.3 is 5.32 Å². The lowest BCUT2D eigenvalue weighted by Gasteiger charge is -2.25. The zero-order chi connectivity index (χ0) is 16.0. The molecule has 1 amide bonds. The fourth-order valence-corrected chi connectivity index (χ4v) is 3.31. The van der Waals surface area contributed by atoms with Gasteiger partial charge in [-0.05, 0) is 45.1 Å². The third-order valence-corrected chi connectivity index (χ3v) is 4.73. The molecule has 1 saturated carbocycles. The number of hydrogen-bond donors (Lipinski definition) is 1. The Kier molecular flexibility index (Phi) is 3.39. The number of aromatic nitrogens is 4. The molecule has 2 aliphatic carbocycles. The van der Waals surface area contributed by atoms with Gasteiger partial charge in [-0.1, -0.05) is 0 Å². The van der Waals surface area contributed by atoms with Gasteiger partial charge in [-0.3, -0.25) is 9.48 Å². The number of amides is 1. The average Bonchev–Trinajstić information content (AvgIpc) is 3.30. The van der Waals surface area contributed by atoms with E-state index in [1.165, 1.54) is 12.8 Å². The third kappa shape index (κ3) is 2.73. The molecule has 23 heavy (non-hydrogen) atoms. The number of hydrogen-bond acceptors (Lipinski definition) is 4. The number of carbonyl (C=O) groups is 1. The van der Waals surface area contributed by atoms with Crippen LogP contribution >= 0.6 is 0 Å². The van der Waals surface area contributed by atoms with Crippen molar-refractivity contribution in [2.75, 3.05) is 0 Å². The van der Waals surface area contributed by atoms with Crippen LogP contribution in [-0.4, -0.2) is 25.7 Å². The van der Waals surface area contributed by atoms with Crippen LogP contribution in [0.25, 0.3) is 0 Å². The highest BCUT2D eigenvalue weighted by Gasteiger charge is 2.29. The van der Waals surface area contributed by atoms with Gasteiger partial charge in [0.1, 0.15) is 11.5 Å². The molecule has 0 aliphatic heterocycles. The summed E-state index contributed by atoms with van der Waals surface area (Å²) in [5.41, 5.74) is 3.80. The maximum absolute atomic E-state index is 12.7. The van der Waals surface area contributed by atoms with Crippen molar-refractivity contribution in [2.45, 2.75) is 51.0 Å². The fourth-order valence-electron chi connectivity index (χ4n) is 3.31. The summed E-state index contributed by atoms with van der Waals surface area (Å²) in [7, 11) is 1.84. The molecule has 0 spiro atoms. The Bertz CT molecular complexity index is 762. The Morgan fingerprint density at radius 2 is 2.17 bits per heavy atom. The summed E-state index contributed by atoms with van der Waals surface area (Å²) in [5, 5.41) is 7.62. The molecule has 120 valence electrons. The van der Waals surface area contributed by atoms with E-state index in [1.807, 2.05) is 26.2 Å².